The predicted molar refractivity (Wildman–Crippen MR) is 81.1 cm³/mol. The molecule has 0 aliphatic carbocycles. The van der Waals surface area contributed by atoms with Gasteiger partial charge in [-0.15, -0.1) is 0 Å². The summed E-state index contributed by atoms with van der Waals surface area (Å²) in [7, 11) is 4.66. The molecule has 0 bridgehead atoms. The van der Waals surface area contributed by atoms with Crippen molar-refractivity contribution < 1.29 is 17.9 Å². The molecule has 0 fully saturated rings. The van der Waals surface area contributed by atoms with Gasteiger partial charge < -0.3 is 14.6 Å². The topological polar surface area (TPSA) is 77.4 Å². The van der Waals surface area contributed by atoms with Crippen LogP contribution >= 0.6 is 10.7 Å². The molecular formula is C13H21ClN2O4S. The fourth-order valence-corrected chi connectivity index (χ4v) is 2.56. The van der Waals surface area contributed by atoms with Crippen LogP contribution in [0.15, 0.2) is 17.2 Å². The SMILES string of the molecule is COCCC(C)(C)CNC(=O)c1cc(S(=O)(=O)Cl)cn1C. The van der Waals surface area contributed by atoms with Crippen molar-refractivity contribution in [2.75, 3.05) is 20.3 Å². The fourth-order valence-electron chi connectivity index (χ4n) is 1.77. The van der Waals surface area contributed by atoms with Crippen LogP contribution in [0.3, 0.4) is 0 Å². The van der Waals surface area contributed by atoms with Crippen LogP contribution in [0.4, 0.5) is 0 Å². The monoisotopic (exact) mass is 336 g/mol. The molecule has 1 aromatic heterocycles. The van der Waals surface area contributed by atoms with Gasteiger partial charge in [-0.25, -0.2) is 8.42 Å². The molecule has 0 aliphatic heterocycles. The second-order valence-electron chi connectivity index (χ2n) is 5.70. The number of ether oxygens (including phenoxy) is 1. The summed E-state index contributed by atoms with van der Waals surface area (Å²) in [5.41, 5.74) is 0.134. The van der Waals surface area contributed by atoms with Crippen LogP contribution in [-0.2, 0) is 20.8 Å². The minimum Gasteiger partial charge on any atom is -0.385 e. The first-order chi connectivity index (χ1) is 9.57. The van der Waals surface area contributed by atoms with Crippen LogP contribution in [0.25, 0.3) is 0 Å². The molecule has 1 amide bonds. The van der Waals surface area contributed by atoms with E-state index in [0.717, 1.165) is 6.42 Å². The zero-order valence-electron chi connectivity index (χ0n) is 12.6. The Kier molecular flexibility index (Phi) is 5.83. The maximum absolute atomic E-state index is 12.1. The molecule has 0 aromatic carbocycles. The molecule has 21 heavy (non-hydrogen) atoms. The lowest BCUT2D eigenvalue weighted by Gasteiger charge is -2.24. The number of carbonyl (C=O) groups excluding carboxylic acids is 1. The summed E-state index contributed by atoms with van der Waals surface area (Å²) in [4.78, 5) is 12.0. The Morgan fingerprint density at radius 1 is 1.48 bits per heavy atom. The van der Waals surface area contributed by atoms with Gasteiger partial charge in [-0.1, -0.05) is 13.8 Å². The third kappa shape index (κ3) is 5.33. The average Bonchev–Trinajstić information content (AvgIpc) is 2.76. The van der Waals surface area contributed by atoms with E-state index in [9.17, 15) is 13.2 Å². The fraction of sp³-hybridized carbons (Fsp3) is 0.615. The normalized spacial score (nSPS) is 12.4. The number of amides is 1. The van der Waals surface area contributed by atoms with Crippen LogP contribution in [0.5, 0.6) is 0 Å². The number of carbonyl (C=O) groups is 1. The van der Waals surface area contributed by atoms with Gasteiger partial charge in [-0.3, -0.25) is 4.79 Å². The molecule has 0 radical (unpaired) electrons. The smallest absolute Gasteiger partial charge is 0.267 e. The standard InChI is InChI=1S/C13H21ClN2O4S/c1-13(2,5-6-20-4)9-15-12(17)11-7-10(8-16(11)3)21(14,18)19/h7-8H,5-6,9H2,1-4H3,(H,15,17). The average molecular weight is 337 g/mol. The molecule has 0 saturated heterocycles. The molecule has 1 aromatic rings. The molecule has 1 rings (SSSR count). The van der Waals surface area contributed by atoms with Crippen LogP contribution in [0.2, 0.25) is 0 Å². The van der Waals surface area contributed by atoms with Gasteiger partial charge in [-0.2, -0.15) is 0 Å². The number of hydrogen-bond donors (Lipinski definition) is 1. The van der Waals surface area contributed by atoms with Crippen molar-refractivity contribution in [1.82, 2.24) is 9.88 Å². The predicted octanol–water partition coefficient (Wildman–Crippen LogP) is 1.75. The van der Waals surface area contributed by atoms with Crippen LogP contribution < -0.4 is 5.32 Å². The minimum atomic E-state index is -3.84. The van der Waals surface area contributed by atoms with Gasteiger partial charge in [0.15, 0.2) is 0 Å². The van der Waals surface area contributed by atoms with Gasteiger partial charge in [0.05, 0.1) is 0 Å². The molecule has 6 nitrogen and oxygen atoms in total. The highest BCUT2D eigenvalue weighted by atomic mass is 35.7. The van der Waals surface area contributed by atoms with E-state index in [0.29, 0.717) is 13.2 Å². The van der Waals surface area contributed by atoms with Gasteiger partial charge in [0.2, 0.25) is 0 Å². The summed E-state index contributed by atoms with van der Waals surface area (Å²) in [6.45, 7) is 5.11. The zero-order chi connectivity index (χ0) is 16.3. The molecule has 1 heterocycles. The molecule has 120 valence electrons. The number of aromatic nitrogens is 1. The van der Waals surface area contributed by atoms with Gasteiger partial charge in [0, 0.05) is 44.2 Å². The molecule has 8 heteroatoms. The van der Waals surface area contributed by atoms with Crippen molar-refractivity contribution in [2.24, 2.45) is 12.5 Å². The number of hydrogen-bond acceptors (Lipinski definition) is 4. The van der Waals surface area contributed by atoms with Crippen molar-refractivity contribution >= 4 is 25.6 Å². The third-order valence-electron chi connectivity index (χ3n) is 3.20. The molecule has 0 spiro atoms. The Hall–Kier alpha value is -1.05. The maximum atomic E-state index is 12.1. The summed E-state index contributed by atoms with van der Waals surface area (Å²) in [6.07, 6.45) is 2.12. The Morgan fingerprint density at radius 2 is 2.10 bits per heavy atom. The highest BCUT2D eigenvalue weighted by Gasteiger charge is 2.22. The van der Waals surface area contributed by atoms with Gasteiger partial charge in [0.1, 0.15) is 10.6 Å². The summed E-state index contributed by atoms with van der Waals surface area (Å²) in [5, 5.41) is 2.80. The number of rotatable bonds is 7. The molecular weight excluding hydrogens is 316 g/mol. The van der Waals surface area contributed by atoms with E-state index in [1.807, 2.05) is 13.8 Å². The van der Waals surface area contributed by atoms with Gasteiger partial charge >= 0.3 is 0 Å². The second-order valence-corrected chi connectivity index (χ2v) is 8.27. The van der Waals surface area contributed by atoms with Crippen LogP contribution in [0.1, 0.15) is 30.8 Å². The van der Waals surface area contributed by atoms with E-state index in [4.69, 9.17) is 15.4 Å². The second kappa shape index (κ2) is 6.81. The Bertz CT molecular complexity index is 608. The van der Waals surface area contributed by atoms with E-state index in [1.165, 1.54) is 16.8 Å². The summed E-state index contributed by atoms with van der Waals surface area (Å²) in [5.74, 6) is -0.338. The van der Waals surface area contributed by atoms with Gasteiger partial charge in [0.25, 0.3) is 15.0 Å². The Morgan fingerprint density at radius 3 is 2.57 bits per heavy atom. The van der Waals surface area contributed by atoms with E-state index in [-0.39, 0.29) is 21.9 Å². The first-order valence-electron chi connectivity index (χ1n) is 6.45. The number of aryl methyl sites for hydroxylation is 1. The highest BCUT2D eigenvalue weighted by Crippen LogP contribution is 2.20. The molecule has 0 aliphatic rings. The lowest BCUT2D eigenvalue weighted by Crippen LogP contribution is -2.35. The largest absolute Gasteiger partial charge is 0.385 e. The zero-order valence-corrected chi connectivity index (χ0v) is 14.2. The first-order valence-corrected chi connectivity index (χ1v) is 8.76. The maximum Gasteiger partial charge on any atom is 0.267 e. The summed E-state index contributed by atoms with van der Waals surface area (Å²) < 4.78 is 29.0. The number of methoxy groups -OCH3 is 1. The lowest BCUT2D eigenvalue weighted by atomic mass is 9.89. The van der Waals surface area contributed by atoms with E-state index >= 15 is 0 Å². The van der Waals surface area contributed by atoms with Crippen LogP contribution in [-0.4, -0.2) is 39.2 Å². The van der Waals surface area contributed by atoms with E-state index in [2.05, 4.69) is 5.32 Å². The molecule has 1 N–H and O–H groups in total. The quantitative estimate of drug-likeness (QED) is 0.769. The molecule has 0 unspecified atom stereocenters. The number of halogens is 1. The van der Waals surface area contributed by atoms with Crippen LogP contribution in [0, 0.1) is 5.41 Å². The minimum absolute atomic E-state index is 0.0875. The summed E-state index contributed by atoms with van der Waals surface area (Å²) in [6, 6.07) is 1.26. The molecule has 0 saturated carbocycles. The number of nitrogens with zero attached hydrogens (tertiary/aromatic N) is 1. The highest BCUT2D eigenvalue weighted by molar-refractivity contribution is 8.13. The van der Waals surface area contributed by atoms with E-state index in [1.54, 1.807) is 14.2 Å². The van der Waals surface area contributed by atoms with E-state index < -0.39 is 9.05 Å². The van der Waals surface area contributed by atoms with Crippen molar-refractivity contribution in [3.05, 3.63) is 18.0 Å². The lowest BCUT2D eigenvalue weighted by molar-refractivity contribution is 0.0913. The van der Waals surface area contributed by atoms with Gasteiger partial charge in [-0.05, 0) is 17.9 Å². The van der Waals surface area contributed by atoms with Crippen molar-refractivity contribution in [2.45, 2.75) is 25.2 Å². The van der Waals surface area contributed by atoms with Crippen molar-refractivity contribution in [3.8, 4) is 0 Å². The third-order valence-corrected chi connectivity index (χ3v) is 4.53. The Labute approximate surface area is 129 Å². The van der Waals surface area contributed by atoms with Crippen molar-refractivity contribution in [3.63, 3.8) is 0 Å². The first kappa shape index (κ1) is 18.0. The number of nitrogens with one attached hydrogen (secondary N) is 1. The summed E-state index contributed by atoms with van der Waals surface area (Å²) >= 11 is 0. The molecule has 0 atom stereocenters. The van der Waals surface area contributed by atoms with Crippen molar-refractivity contribution in [1.29, 1.82) is 0 Å². The Balaban J connectivity index is 2.75.